The molecule has 22 heavy (non-hydrogen) atoms. The fourth-order valence-electron chi connectivity index (χ4n) is 3.71. The minimum atomic E-state index is 0.263. The second-order valence-electron chi connectivity index (χ2n) is 6.51. The molecule has 3 aliphatic rings. The van der Waals surface area contributed by atoms with Crippen LogP contribution in [0.3, 0.4) is 0 Å². The summed E-state index contributed by atoms with van der Waals surface area (Å²) in [7, 11) is 0. The Morgan fingerprint density at radius 1 is 1.18 bits per heavy atom. The molecule has 2 bridgehead atoms. The van der Waals surface area contributed by atoms with Crippen molar-refractivity contribution in [2.24, 2.45) is 5.92 Å². The Hall–Kier alpha value is -2.63. The quantitative estimate of drug-likeness (QED) is 0.690. The highest BCUT2D eigenvalue weighted by molar-refractivity contribution is 5.93. The number of hydrogen-bond donors (Lipinski definition) is 3. The molecule has 1 aromatic carbocycles. The summed E-state index contributed by atoms with van der Waals surface area (Å²) in [6, 6.07) is 8.04. The predicted molar refractivity (Wildman–Crippen MR) is 85.2 cm³/mol. The summed E-state index contributed by atoms with van der Waals surface area (Å²) in [6.07, 6.45) is 5.57. The summed E-state index contributed by atoms with van der Waals surface area (Å²) in [6.45, 7) is 0. The van der Waals surface area contributed by atoms with Crippen LogP contribution in [0, 0.1) is 5.92 Å². The van der Waals surface area contributed by atoms with Crippen LogP contribution in [0.5, 0.6) is 0 Å². The van der Waals surface area contributed by atoms with Crippen molar-refractivity contribution in [1.82, 2.24) is 20.2 Å². The van der Waals surface area contributed by atoms with Gasteiger partial charge < -0.3 is 11.1 Å². The van der Waals surface area contributed by atoms with Gasteiger partial charge in [-0.2, -0.15) is 10.1 Å². The van der Waals surface area contributed by atoms with E-state index in [9.17, 15) is 0 Å². The molecule has 0 unspecified atom stereocenters. The zero-order chi connectivity index (χ0) is 14.7. The van der Waals surface area contributed by atoms with Crippen LogP contribution in [-0.4, -0.2) is 25.7 Å². The number of aromatic amines is 1. The summed E-state index contributed by atoms with van der Waals surface area (Å²) in [5, 5.41) is 11.7. The highest BCUT2D eigenvalue weighted by atomic mass is 15.1. The topological polar surface area (TPSA) is 92.5 Å². The third-order valence-corrected chi connectivity index (χ3v) is 4.93. The van der Waals surface area contributed by atoms with Crippen molar-refractivity contribution >= 4 is 22.7 Å². The number of benzene rings is 1. The molecule has 6 rings (SSSR count). The van der Waals surface area contributed by atoms with Crippen molar-refractivity contribution in [1.29, 1.82) is 0 Å². The van der Waals surface area contributed by atoms with E-state index in [0.29, 0.717) is 5.95 Å². The van der Waals surface area contributed by atoms with Gasteiger partial charge in [-0.15, -0.1) is 0 Å². The van der Waals surface area contributed by atoms with E-state index in [-0.39, 0.29) is 5.54 Å². The van der Waals surface area contributed by atoms with Crippen molar-refractivity contribution in [3.8, 4) is 11.3 Å². The molecule has 3 aliphatic carbocycles. The van der Waals surface area contributed by atoms with Gasteiger partial charge >= 0.3 is 0 Å². The van der Waals surface area contributed by atoms with Gasteiger partial charge in [-0.3, -0.25) is 5.10 Å². The second kappa shape index (κ2) is 3.97. The van der Waals surface area contributed by atoms with Crippen molar-refractivity contribution in [2.75, 3.05) is 11.1 Å². The third kappa shape index (κ3) is 1.63. The first-order valence-corrected chi connectivity index (χ1v) is 7.56. The van der Waals surface area contributed by atoms with Crippen molar-refractivity contribution in [2.45, 2.75) is 24.8 Å². The fourth-order valence-corrected chi connectivity index (χ4v) is 3.71. The molecule has 6 heteroatoms. The van der Waals surface area contributed by atoms with Crippen LogP contribution < -0.4 is 11.1 Å². The summed E-state index contributed by atoms with van der Waals surface area (Å²) >= 11 is 0. The normalized spacial score (nSPS) is 25.5. The Morgan fingerprint density at radius 3 is 2.73 bits per heavy atom. The maximum atomic E-state index is 5.90. The number of hydrogen-bond acceptors (Lipinski definition) is 5. The SMILES string of the molecule is Nc1nc(NC23CC(C2)C3)c2ccc(-c3cc[nH]n3)cc2n1. The average molecular weight is 292 g/mol. The van der Waals surface area contributed by atoms with E-state index in [4.69, 9.17) is 5.73 Å². The lowest BCUT2D eigenvalue weighted by Gasteiger charge is -2.62. The first-order valence-electron chi connectivity index (χ1n) is 7.56. The number of aromatic nitrogens is 4. The lowest BCUT2D eigenvalue weighted by molar-refractivity contribution is 0.00194. The van der Waals surface area contributed by atoms with Gasteiger partial charge in [0.15, 0.2) is 0 Å². The van der Waals surface area contributed by atoms with Crippen LogP contribution in [0.4, 0.5) is 11.8 Å². The highest BCUT2D eigenvalue weighted by Gasteiger charge is 2.56. The molecule has 0 saturated heterocycles. The van der Waals surface area contributed by atoms with Gasteiger partial charge in [-0.05, 0) is 43.4 Å². The molecule has 3 fully saturated rings. The molecule has 0 amide bonds. The van der Waals surface area contributed by atoms with E-state index in [0.717, 1.165) is 33.9 Å². The molecule has 0 atom stereocenters. The number of nitrogens with one attached hydrogen (secondary N) is 2. The van der Waals surface area contributed by atoms with E-state index >= 15 is 0 Å². The molecule has 110 valence electrons. The summed E-state index contributed by atoms with van der Waals surface area (Å²) in [5.74, 6) is 2.08. The molecule has 3 aromatic rings. The first-order chi connectivity index (χ1) is 10.7. The summed E-state index contributed by atoms with van der Waals surface area (Å²) in [5.41, 5.74) is 8.93. The molecule has 0 radical (unpaired) electrons. The van der Waals surface area contributed by atoms with Crippen molar-refractivity contribution in [3.63, 3.8) is 0 Å². The van der Waals surface area contributed by atoms with Crippen LogP contribution in [0.1, 0.15) is 19.3 Å². The summed E-state index contributed by atoms with van der Waals surface area (Å²) in [4.78, 5) is 8.80. The molecule has 4 N–H and O–H groups in total. The predicted octanol–water partition coefficient (Wildman–Crippen LogP) is 2.57. The zero-order valence-corrected chi connectivity index (χ0v) is 12.0. The van der Waals surface area contributed by atoms with Crippen LogP contribution in [-0.2, 0) is 0 Å². The first kappa shape index (κ1) is 12.0. The smallest absolute Gasteiger partial charge is 0.222 e. The van der Waals surface area contributed by atoms with E-state index in [2.05, 4.69) is 25.5 Å². The minimum Gasteiger partial charge on any atom is -0.368 e. The molecule has 0 spiro atoms. The highest BCUT2D eigenvalue weighted by Crippen LogP contribution is 2.58. The van der Waals surface area contributed by atoms with Gasteiger partial charge in [-0.25, -0.2) is 4.98 Å². The Morgan fingerprint density at radius 2 is 2.05 bits per heavy atom. The number of nitrogens with zero attached hydrogens (tertiary/aromatic N) is 3. The third-order valence-electron chi connectivity index (χ3n) is 4.93. The Balaban J connectivity index is 1.61. The maximum Gasteiger partial charge on any atom is 0.222 e. The van der Waals surface area contributed by atoms with Gasteiger partial charge in [-0.1, -0.05) is 6.07 Å². The Kier molecular flexibility index (Phi) is 2.16. The second-order valence-corrected chi connectivity index (χ2v) is 6.51. The van der Waals surface area contributed by atoms with Crippen LogP contribution in [0.15, 0.2) is 30.5 Å². The number of fused-ring (bicyclic) bond motifs is 1. The van der Waals surface area contributed by atoms with E-state index in [1.165, 1.54) is 19.3 Å². The lowest BCUT2D eigenvalue weighted by atomic mass is 9.50. The average Bonchev–Trinajstić information content (AvgIpc) is 2.94. The van der Waals surface area contributed by atoms with Gasteiger partial charge in [0.2, 0.25) is 5.95 Å². The Labute approximate surface area is 127 Å². The van der Waals surface area contributed by atoms with E-state index in [1.54, 1.807) is 0 Å². The van der Waals surface area contributed by atoms with Crippen LogP contribution >= 0.6 is 0 Å². The number of nitrogens with two attached hydrogens (primary N) is 1. The number of H-pyrrole nitrogens is 1. The molecular formula is C16H16N6. The lowest BCUT2D eigenvalue weighted by Crippen LogP contribution is -2.63. The molecule has 0 aliphatic heterocycles. The number of nitrogen functional groups attached to an aromatic ring is 1. The summed E-state index contributed by atoms with van der Waals surface area (Å²) < 4.78 is 0. The molecular weight excluding hydrogens is 276 g/mol. The molecule has 3 saturated carbocycles. The zero-order valence-electron chi connectivity index (χ0n) is 12.0. The van der Waals surface area contributed by atoms with E-state index < -0.39 is 0 Å². The Bertz CT molecular complexity index is 853. The largest absolute Gasteiger partial charge is 0.368 e. The van der Waals surface area contributed by atoms with Crippen LogP contribution in [0.2, 0.25) is 0 Å². The van der Waals surface area contributed by atoms with Crippen LogP contribution in [0.25, 0.3) is 22.2 Å². The van der Waals surface area contributed by atoms with Gasteiger partial charge in [0, 0.05) is 22.7 Å². The van der Waals surface area contributed by atoms with E-state index in [1.807, 2.05) is 30.5 Å². The van der Waals surface area contributed by atoms with Crippen molar-refractivity contribution < 1.29 is 0 Å². The molecule has 2 heterocycles. The van der Waals surface area contributed by atoms with Gasteiger partial charge in [0.1, 0.15) is 5.82 Å². The van der Waals surface area contributed by atoms with Gasteiger partial charge in [0.05, 0.1) is 11.2 Å². The number of anilines is 2. The molecule has 2 aromatic heterocycles. The fraction of sp³-hybridized carbons (Fsp3) is 0.312. The maximum absolute atomic E-state index is 5.90. The standard InChI is InChI=1S/C16H16N6/c17-15-19-13-5-10(12-3-4-18-22-12)1-2-11(13)14(20-15)21-16-6-9(7-16)8-16/h1-5,9H,6-8H2,(H,18,22)(H3,17,19,20,21). The monoisotopic (exact) mass is 292 g/mol. The van der Waals surface area contributed by atoms with Gasteiger partial charge in [0.25, 0.3) is 0 Å². The molecule has 6 nitrogen and oxygen atoms in total. The van der Waals surface area contributed by atoms with Crippen molar-refractivity contribution in [3.05, 3.63) is 30.5 Å². The number of rotatable bonds is 3. The minimum absolute atomic E-state index is 0.263.